The standard InChI is InChI=1S/C11H17N3O3S/c1-9-2-3-10(8-11(9)15)13-18(16,17)14-6-4-12-5-7-14/h2-3,8,12-13,15H,4-7H2,1H3. The summed E-state index contributed by atoms with van der Waals surface area (Å²) in [6, 6.07) is 4.72. The fourth-order valence-corrected chi connectivity index (χ4v) is 2.99. The van der Waals surface area contributed by atoms with Crippen LogP contribution in [-0.2, 0) is 10.2 Å². The molecule has 2 rings (SSSR count). The number of phenolic OH excluding ortho intramolecular Hbond substituents is 1. The average molecular weight is 271 g/mol. The Labute approximate surface area is 107 Å². The fourth-order valence-electron chi connectivity index (χ4n) is 1.77. The van der Waals surface area contributed by atoms with Gasteiger partial charge in [-0.1, -0.05) is 6.07 Å². The molecule has 1 saturated heterocycles. The molecule has 18 heavy (non-hydrogen) atoms. The number of hydrogen-bond acceptors (Lipinski definition) is 4. The molecule has 1 aromatic rings. The third-order valence-electron chi connectivity index (χ3n) is 2.87. The van der Waals surface area contributed by atoms with E-state index in [1.54, 1.807) is 19.1 Å². The van der Waals surface area contributed by atoms with Crippen molar-refractivity contribution in [3.05, 3.63) is 23.8 Å². The molecule has 0 spiro atoms. The minimum Gasteiger partial charge on any atom is -0.508 e. The van der Waals surface area contributed by atoms with Gasteiger partial charge in [-0.05, 0) is 18.6 Å². The molecule has 0 radical (unpaired) electrons. The van der Waals surface area contributed by atoms with Gasteiger partial charge in [0.2, 0.25) is 0 Å². The smallest absolute Gasteiger partial charge is 0.301 e. The maximum Gasteiger partial charge on any atom is 0.301 e. The van der Waals surface area contributed by atoms with Crippen molar-refractivity contribution < 1.29 is 13.5 Å². The SMILES string of the molecule is Cc1ccc(NS(=O)(=O)N2CCNCC2)cc1O. The van der Waals surface area contributed by atoms with Crippen LogP contribution in [-0.4, -0.2) is 44.0 Å². The lowest BCUT2D eigenvalue weighted by molar-refractivity contribution is 0.362. The van der Waals surface area contributed by atoms with Gasteiger partial charge in [0.15, 0.2) is 0 Å². The van der Waals surface area contributed by atoms with E-state index >= 15 is 0 Å². The highest BCUT2D eigenvalue weighted by atomic mass is 32.2. The lowest BCUT2D eigenvalue weighted by atomic mass is 10.2. The van der Waals surface area contributed by atoms with Gasteiger partial charge in [0.25, 0.3) is 0 Å². The van der Waals surface area contributed by atoms with Gasteiger partial charge in [0.1, 0.15) is 5.75 Å². The van der Waals surface area contributed by atoms with E-state index < -0.39 is 10.2 Å². The van der Waals surface area contributed by atoms with Crippen molar-refractivity contribution >= 4 is 15.9 Å². The second kappa shape index (κ2) is 5.13. The lowest BCUT2D eigenvalue weighted by Gasteiger charge is -2.26. The first kappa shape index (κ1) is 13.1. The molecule has 0 unspecified atom stereocenters. The van der Waals surface area contributed by atoms with Gasteiger partial charge in [-0.3, -0.25) is 4.72 Å². The van der Waals surface area contributed by atoms with Crippen LogP contribution >= 0.6 is 0 Å². The van der Waals surface area contributed by atoms with Gasteiger partial charge in [-0.25, -0.2) is 0 Å². The molecule has 7 heteroatoms. The fraction of sp³-hybridized carbons (Fsp3) is 0.455. The third kappa shape index (κ3) is 2.92. The van der Waals surface area contributed by atoms with Crippen molar-refractivity contribution in [2.45, 2.75) is 6.92 Å². The van der Waals surface area contributed by atoms with E-state index in [4.69, 9.17) is 0 Å². The number of piperazine rings is 1. The van der Waals surface area contributed by atoms with E-state index in [0.29, 0.717) is 37.4 Å². The van der Waals surface area contributed by atoms with Gasteiger partial charge in [0.05, 0.1) is 5.69 Å². The predicted molar refractivity (Wildman–Crippen MR) is 69.8 cm³/mol. The van der Waals surface area contributed by atoms with Crippen LogP contribution in [0.1, 0.15) is 5.56 Å². The van der Waals surface area contributed by atoms with Crippen LogP contribution in [0.4, 0.5) is 5.69 Å². The average Bonchev–Trinajstić information content (AvgIpc) is 2.35. The highest BCUT2D eigenvalue weighted by Crippen LogP contribution is 2.22. The molecule has 0 bridgehead atoms. The van der Waals surface area contributed by atoms with E-state index in [1.807, 2.05) is 0 Å². The van der Waals surface area contributed by atoms with Crippen LogP contribution in [0.2, 0.25) is 0 Å². The molecule has 1 aromatic carbocycles. The molecule has 0 aliphatic carbocycles. The molecule has 1 aliphatic rings. The molecule has 3 N–H and O–H groups in total. The monoisotopic (exact) mass is 271 g/mol. The molecular weight excluding hydrogens is 254 g/mol. The van der Waals surface area contributed by atoms with Crippen molar-refractivity contribution in [2.75, 3.05) is 30.9 Å². The number of rotatable bonds is 3. The quantitative estimate of drug-likeness (QED) is 0.736. The van der Waals surface area contributed by atoms with Crippen LogP contribution in [0.25, 0.3) is 0 Å². The molecule has 0 aromatic heterocycles. The summed E-state index contributed by atoms with van der Waals surface area (Å²) in [4.78, 5) is 0. The lowest BCUT2D eigenvalue weighted by Crippen LogP contribution is -2.48. The van der Waals surface area contributed by atoms with Gasteiger partial charge in [0, 0.05) is 32.2 Å². The van der Waals surface area contributed by atoms with Crippen LogP contribution in [0.3, 0.4) is 0 Å². The third-order valence-corrected chi connectivity index (χ3v) is 4.41. The Kier molecular flexibility index (Phi) is 3.74. The van der Waals surface area contributed by atoms with Crippen molar-refractivity contribution in [1.29, 1.82) is 0 Å². The van der Waals surface area contributed by atoms with E-state index in [-0.39, 0.29) is 5.75 Å². The molecule has 0 atom stereocenters. The molecule has 0 amide bonds. The van der Waals surface area contributed by atoms with E-state index in [9.17, 15) is 13.5 Å². The molecule has 100 valence electrons. The number of aryl methyl sites for hydroxylation is 1. The van der Waals surface area contributed by atoms with Gasteiger partial charge >= 0.3 is 10.2 Å². The molecule has 6 nitrogen and oxygen atoms in total. The van der Waals surface area contributed by atoms with Crippen molar-refractivity contribution in [3.63, 3.8) is 0 Å². The van der Waals surface area contributed by atoms with Gasteiger partial charge in [-0.2, -0.15) is 12.7 Å². The van der Waals surface area contributed by atoms with E-state index in [0.717, 1.165) is 0 Å². The Morgan fingerprint density at radius 1 is 1.33 bits per heavy atom. The molecule has 1 aliphatic heterocycles. The first-order valence-electron chi connectivity index (χ1n) is 5.77. The normalized spacial score (nSPS) is 17.6. The minimum absolute atomic E-state index is 0.0792. The molecule has 1 heterocycles. The first-order chi connectivity index (χ1) is 8.49. The van der Waals surface area contributed by atoms with Crippen LogP contribution < -0.4 is 10.0 Å². The van der Waals surface area contributed by atoms with Crippen LogP contribution in [0.5, 0.6) is 5.75 Å². The second-order valence-electron chi connectivity index (χ2n) is 4.26. The predicted octanol–water partition coefficient (Wildman–Crippen LogP) is 0.263. The highest BCUT2D eigenvalue weighted by molar-refractivity contribution is 7.90. The zero-order valence-corrected chi connectivity index (χ0v) is 11.0. The van der Waals surface area contributed by atoms with E-state index in [2.05, 4.69) is 10.0 Å². The second-order valence-corrected chi connectivity index (χ2v) is 5.93. The molecule has 1 fully saturated rings. The number of nitrogens with zero attached hydrogens (tertiary/aromatic N) is 1. The van der Waals surface area contributed by atoms with Gasteiger partial charge < -0.3 is 10.4 Å². The maximum atomic E-state index is 12.1. The number of benzene rings is 1. The Hall–Kier alpha value is -1.31. The van der Waals surface area contributed by atoms with Crippen molar-refractivity contribution in [3.8, 4) is 5.75 Å². The molecule has 0 saturated carbocycles. The Bertz CT molecular complexity index is 524. The summed E-state index contributed by atoms with van der Waals surface area (Å²) < 4.78 is 28.0. The summed E-state index contributed by atoms with van der Waals surface area (Å²) in [7, 11) is -3.53. The summed E-state index contributed by atoms with van der Waals surface area (Å²) in [5.41, 5.74) is 1.08. The topological polar surface area (TPSA) is 81.7 Å². The highest BCUT2D eigenvalue weighted by Gasteiger charge is 2.23. The minimum atomic E-state index is -3.53. The van der Waals surface area contributed by atoms with Crippen LogP contribution in [0.15, 0.2) is 18.2 Å². The maximum absolute atomic E-state index is 12.1. The summed E-state index contributed by atoms with van der Waals surface area (Å²) >= 11 is 0. The van der Waals surface area contributed by atoms with E-state index in [1.165, 1.54) is 10.4 Å². The number of hydrogen-bond donors (Lipinski definition) is 3. The van der Waals surface area contributed by atoms with Crippen LogP contribution in [0, 0.1) is 6.92 Å². The van der Waals surface area contributed by atoms with Gasteiger partial charge in [-0.15, -0.1) is 0 Å². The summed E-state index contributed by atoms with van der Waals surface area (Å²) in [5.74, 6) is 0.0792. The number of anilines is 1. The number of nitrogens with one attached hydrogen (secondary N) is 2. The summed E-state index contributed by atoms with van der Waals surface area (Å²) in [6.45, 7) is 3.96. The Morgan fingerprint density at radius 3 is 2.61 bits per heavy atom. The van der Waals surface area contributed by atoms with Crippen molar-refractivity contribution in [2.24, 2.45) is 0 Å². The summed E-state index contributed by atoms with van der Waals surface area (Å²) in [5, 5.41) is 12.6. The first-order valence-corrected chi connectivity index (χ1v) is 7.21. The number of phenols is 1. The largest absolute Gasteiger partial charge is 0.508 e. The number of aromatic hydroxyl groups is 1. The Morgan fingerprint density at radius 2 is 2.00 bits per heavy atom. The Balaban J connectivity index is 2.13. The zero-order valence-electron chi connectivity index (χ0n) is 10.2. The zero-order chi connectivity index (χ0) is 13.2. The summed E-state index contributed by atoms with van der Waals surface area (Å²) in [6.07, 6.45) is 0. The molecular formula is C11H17N3O3S. The van der Waals surface area contributed by atoms with Crippen molar-refractivity contribution in [1.82, 2.24) is 9.62 Å².